The van der Waals surface area contributed by atoms with Crippen molar-refractivity contribution in [1.29, 1.82) is 0 Å². The molecule has 4 nitrogen and oxygen atoms in total. The van der Waals surface area contributed by atoms with Gasteiger partial charge in [-0.2, -0.15) is 0 Å². The zero-order chi connectivity index (χ0) is 12.6. The Morgan fingerprint density at radius 2 is 2.17 bits per heavy atom. The molecule has 102 valence electrons. The molecule has 1 saturated carbocycles. The lowest BCUT2D eigenvalue weighted by atomic mass is 9.80. The predicted octanol–water partition coefficient (Wildman–Crippen LogP) is 1.16. The van der Waals surface area contributed by atoms with Gasteiger partial charge in [-0.15, -0.1) is 0 Å². The van der Waals surface area contributed by atoms with E-state index in [4.69, 9.17) is 4.74 Å². The van der Waals surface area contributed by atoms with Gasteiger partial charge < -0.3 is 15.0 Å². The van der Waals surface area contributed by atoms with Gasteiger partial charge in [0.05, 0.1) is 12.1 Å². The highest BCUT2D eigenvalue weighted by molar-refractivity contribution is 5.78. The molecule has 4 heteroatoms. The quantitative estimate of drug-likeness (QED) is 0.802. The van der Waals surface area contributed by atoms with Gasteiger partial charge in [0.25, 0.3) is 0 Å². The van der Waals surface area contributed by atoms with Gasteiger partial charge >= 0.3 is 0 Å². The van der Waals surface area contributed by atoms with Crippen LogP contribution in [0.2, 0.25) is 0 Å². The highest BCUT2D eigenvalue weighted by Gasteiger charge is 2.44. The highest BCUT2D eigenvalue weighted by Crippen LogP contribution is 2.35. The summed E-state index contributed by atoms with van der Waals surface area (Å²) in [5.41, 5.74) is -0.142. The van der Waals surface area contributed by atoms with E-state index in [9.17, 15) is 4.79 Å². The van der Waals surface area contributed by atoms with E-state index in [-0.39, 0.29) is 18.1 Å². The second-order valence-electron chi connectivity index (χ2n) is 6.25. The molecule has 1 aliphatic carbocycles. The molecule has 0 aromatic rings. The number of carbonyl (C=O) groups excluding carboxylic acids is 1. The van der Waals surface area contributed by atoms with Crippen LogP contribution in [0.25, 0.3) is 0 Å². The van der Waals surface area contributed by atoms with E-state index in [1.54, 1.807) is 0 Å². The van der Waals surface area contributed by atoms with Crippen LogP contribution in [0.3, 0.4) is 0 Å². The number of piperidine rings is 1. The second-order valence-corrected chi connectivity index (χ2v) is 6.25. The van der Waals surface area contributed by atoms with Crippen LogP contribution in [0.15, 0.2) is 0 Å². The maximum absolute atomic E-state index is 12.0. The minimum atomic E-state index is -0.142. The standard InChI is InChI=1S/C14H24N2O2/c1-14(11-4-3-7-15-8-11)10-16(12-5-2-6-12)13(17)9-18-14/h11-12,15H,2-10H2,1H3. The molecule has 3 rings (SSSR count). The zero-order valence-electron chi connectivity index (χ0n) is 11.3. The van der Waals surface area contributed by atoms with Crippen molar-refractivity contribution in [2.75, 3.05) is 26.2 Å². The SMILES string of the molecule is CC1(C2CCCNC2)CN(C2CCC2)C(=O)CO1. The Labute approximate surface area is 109 Å². The Bertz CT molecular complexity index is 324. The maximum Gasteiger partial charge on any atom is 0.248 e. The number of hydrogen-bond acceptors (Lipinski definition) is 3. The van der Waals surface area contributed by atoms with Gasteiger partial charge in [-0.3, -0.25) is 4.79 Å². The van der Waals surface area contributed by atoms with Gasteiger partial charge in [-0.25, -0.2) is 0 Å². The Hall–Kier alpha value is -0.610. The lowest BCUT2D eigenvalue weighted by Crippen LogP contribution is -2.62. The molecule has 0 spiro atoms. The molecule has 2 unspecified atom stereocenters. The summed E-state index contributed by atoms with van der Waals surface area (Å²) in [6, 6.07) is 0.497. The third kappa shape index (κ3) is 2.16. The first-order chi connectivity index (χ1) is 8.69. The first-order valence-electron chi connectivity index (χ1n) is 7.33. The van der Waals surface area contributed by atoms with Gasteiger partial charge in [0.1, 0.15) is 6.61 Å². The van der Waals surface area contributed by atoms with E-state index in [1.165, 1.54) is 32.1 Å². The Morgan fingerprint density at radius 1 is 1.33 bits per heavy atom. The van der Waals surface area contributed by atoms with E-state index in [2.05, 4.69) is 17.1 Å². The van der Waals surface area contributed by atoms with Gasteiger partial charge in [0.2, 0.25) is 5.91 Å². The fourth-order valence-electron chi connectivity index (χ4n) is 3.43. The van der Waals surface area contributed by atoms with Crippen LogP contribution >= 0.6 is 0 Å². The fraction of sp³-hybridized carbons (Fsp3) is 0.929. The predicted molar refractivity (Wildman–Crippen MR) is 69.3 cm³/mol. The Morgan fingerprint density at radius 3 is 2.78 bits per heavy atom. The summed E-state index contributed by atoms with van der Waals surface area (Å²) in [4.78, 5) is 14.1. The normalized spacial score (nSPS) is 38.6. The summed E-state index contributed by atoms with van der Waals surface area (Å²) in [7, 11) is 0. The summed E-state index contributed by atoms with van der Waals surface area (Å²) < 4.78 is 5.93. The molecule has 1 amide bonds. The van der Waals surface area contributed by atoms with Crippen LogP contribution in [-0.4, -0.2) is 48.7 Å². The number of nitrogens with one attached hydrogen (secondary N) is 1. The number of amides is 1. The van der Waals surface area contributed by atoms with Crippen molar-refractivity contribution in [3.8, 4) is 0 Å². The van der Waals surface area contributed by atoms with Crippen molar-refractivity contribution in [2.24, 2.45) is 5.92 Å². The topological polar surface area (TPSA) is 41.6 Å². The van der Waals surface area contributed by atoms with Crippen LogP contribution < -0.4 is 5.32 Å². The average molecular weight is 252 g/mol. The summed E-state index contributed by atoms with van der Waals surface area (Å²) in [6.45, 7) is 5.43. The third-order valence-corrected chi connectivity index (χ3v) is 5.01. The van der Waals surface area contributed by atoms with Crippen LogP contribution in [0.1, 0.15) is 39.0 Å². The molecular weight excluding hydrogens is 228 g/mol. The Kier molecular flexibility index (Phi) is 3.32. The molecular formula is C14H24N2O2. The first-order valence-corrected chi connectivity index (χ1v) is 7.33. The lowest BCUT2D eigenvalue weighted by molar-refractivity contribution is -0.178. The van der Waals surface area contributed by atoms with E-state index >= 15 is 0 Å². The van der Waals surface area contributed by atoms with Crippen molar-refractivity contribution >= 4 is 5.91 Å². The van der Waals surface area contributed by atoms with Gasteiger partial charge in [-0.05, 0) is 45.6 Å². The van der Waals surface area contributed by atoms with Crippen LogP contribution in [-0.2, 0) is 9.53 Å². The number of rotatable bonds is 2. The van der Waals surface area contributed by atoms with E-state index in [1.807, 2.05) is 0 Å². The van der Waals surface area contributed by atoms with Crippen molar-refractivity contribution in [2.45, 2.75) is 50.7 Å². The number of morpholine rings is 1. The zero-order valence-corrected chi connectivity index (χ0v) is 11.3. The summed E-state index contributed by atoms with van der Waals surface area (Å²) in [6.07, 6.45) is 6.09. The molecule has 0 bridgehead atoms. The molecule has 18 heavy (non-hydrogen) atoms. The van der Waals surface area contributed by atoms with Crippen LogP contribution in [0.5, 0.6) is 0 Å². The molecule has 2 atom stereocenters. The minimum absolute atomic E-state index is 0.142. The molecule has 0 aromatic carbocycles. The molecule has 3 aliphatic rings. The second kappa shape index (κ2) is 4.82. The highest BCUT2D eigenvalue weighted by atomic mass is 16.5. The van der Waals surface area contributed by atoms with E-state index in [0.29, 0.717) is 12.0 Å². The summed E-state index contributed by atoms with van der Waals surface area (Å²) in [5, 5.41) is 3.46. The van der Waals surface area contributed by atoms with Gasteiger partial charge in [0, 0.05) is 18.5 Å². The monoisotopic (exact) mass is 252 g/mol. The number of hydrogen-bond donors (Lipinski definition) is 1. The Balaban J connectivity index is 1.69. The summed E-state index contributed by atoms with van der Waals surface area (Å²) >= 11 is 0. The number of nitrogens with zero attached hydrogens (tertiary/aromatic N) is 1. The molecule has 2 saturated heterocycles. The van der Waals surface area contributed by atoms with Crippen molar-refractivity contribution < 1.29 is 9.53 Å². The first kappa shape index (κ1) is 12.4. The molecule has 1 N–H and O–H groups in total. The van der Waals surface area contributed by atoms with Gasteiger partial charge in [-0.1, -0.05) is 0 Å². The van der Waals surface area contributed by atoms with Crippen molar-refractivity contribution in [3.05, 3.63) is 0 Å². The average Bonchev–Trinajstić information content (AvgIpc) is 2.33. The fourth-order valence-corrected chi connectivity index (χ4v) is 3.43. The van der Waals surface area contributed by atoms with Crippen molar-refractivity contribution in [1.82, 2.24) is 10.2 Å². The lowest BCUT2D eigenvalue weighted by Gasteiger charge is -2.50. The minimum Gasteiger partial charge on any atom is -0.363 e. The number of carbonyl (C=O) groups is 1. The van der Waals surface area contributed by atoms with Crippen LogP contribution in [0.4, 0.5) is 0 Å². The largest absolute Gasteiger partial charge is 0.363 e. The molecule has 0 radical (unpaired) electrons. The molecule has 0 aromatic heterocycles. The van der Waals surface area contributed by atoms with Crippen LogP contribution in [0, 0.1) is 5.92 Å². The molecule has 2 heterocycles. The molecule has 3 fully saturated rings. The van der Waals surface area contributed by atoms with Crippen molar-refractivity contribution in [3.63, 3.8) is 0 Å². The van der Waals surface area contributed by atoms with E-state index in [0.717, 1.165) is 19.6 Å². The molecule has 2 aliphatic heterocycles. The smallest absolute Gasteiger partial charge is 0.248 e. The van der Waals surface area contributed by atoms with Gasteiger partial charge in [0.15, 0.2) is 0 Å². The summed E-state index contributed by atoms with van der Waals surface area (Å²) in [5.74, 6) is 0.739. The van der Waals surface area contributed by atoms with E-state index < -0.39 is 0 Å². The number of ether oxygens (including phenoxy) is 1. The maximum atomic E-state index is 12.0. The third-order valence-electron chi connectivity index (χ3n) is 5.01.